The molecule has 0 fully saturated rings. The smallest absolute Gasteiger partial charge is 0.341 e. The van der Waals surface area contributed by atoms with Crippen LogP contribution in [0.3, 0.4) is 0 Å². The summed E-state index contributed by atoms with van der Waals surface area (Å²) in [5, 5.41) is 18.2. The number of rotatable bonds is 6. The van der Waals surface area contributed by atoms with Crippen LogP contribution in [0.2, 0.25) is 0 Å². The maximum Gasteiger partial charge on any atom is 0.341 e. The lowest BCUT2D eigenvalue weighted by Crippen LogP contribution is -2.43. The van der Waals surface area contributed by atoms with Crippen LogP contribution in [0.25, 0.3) is 0 Å². The van der Waals surface area contributed by atoms with Gasteiger partial charge in [0.15, 0.2) is 5.60 Å². The summed E-state index contributed by atoms with van der Waals surface area (Å²) >= 11 is 0. The standard InChI is InChI=1S/C9H14O4/c1-3-5-9(12,7-10)8(11)13-6-4-2/h3-4,10,12H,1-2,5-7H2. The maximum atomic E-state index is 11.1. The van der Waals surface area contributed by atoms with Crippen molar-refractivity contribution in [3.8, 4) is 0 Å². The van der Waals surface area contributed by atoms with Crippen molar-refractivity contribution < 1.29 is 19.7 Å². The van der Waals surface area contributed by atoms with Crippen LogP contribution in [0.1, 0.15) is 6.42 Å². The number of hydrogen-bond donors (Lipinski definition) is 2. The second-order valence-corrected chi connectivity index (χ2v) is 2.57. The van der Waals surface area contributed by atoms with Gasteiger partial charge < -0.3 is 14.9 Å². The van der Waals surface area contributed by atoms with Crippen LogP contribution in [0.5, 0.6) is 0 Å². The molecule has 0 aromatic heterocycles. The maximum absolute atomic E-state index is 11.1. The Morgan fingerprint density at radius 2 is 2.08 bits per heavy atom. The molecule has 1 unspecified atom stereocenters. The van der Waals surface area contributed by atoms with Gasteiger partial charge in [0.1, 0.15) is 6.61 Å². The molecule has 0 rings (SSSR count). The molecule has 0 bridgehead atoms. The molecule has 0 saturated carbocycles. The lowest BCUT2D eigenvalue weighted by Gasteiger charge is -2.21. The van der Waals surface area contributed by atoms with E-state index in [1.54, 1.807) is 0 Å². The molecule has 0 heterocycles. The largest absolute Gasteiger partial charge is 0.459 e. The van der Waals surface area contributed by atoms with Crippen molar-refractivity contribution in [1.82, 2.24) is 0 Å². The molecule has 74 valence electrons. The average molecular weight is 186 g/mol. The third kappa shape index (κ3) is 3.40. The van der Waals surface area contributed by atoms with Gasteiger partial charge in [-0.25, -0.2) is 4.79 Å². The molecule has 2 N–H and O–H groups in total. The van der Waals surface area contributed by atoms with E-state index in [0.717, 1.165) is 0 Å². The molecule has 0 amide bonds. The van der Waals surface area contributed by atoms with Gasteiger partial charge in [-0.1, -0.05) is 18.7 Å². The predicted octanol–water partition coefficient (Wildman–Crippen LogP) is 0.0151. The highest BCUT2D eigenvalue weighted by Crippen LogP contribution is 2.12. The molecule has 4 nitrogen and oxygen atoms in total. The zero-order valence-electron chi connectivity index (χ0n) is 7.40. The number of carbonyl (C=O) groups is 1. The Hall–Kier alpha value is -1.13. The molecular weight excluding hydrogens is 172 g/mol. The van der Waals surface area contributed by atoms with E-state index in [9.17, 15) is 9.90 Å². The van der Waals surface area contributed by atoms with Gasteiger partial charge in [-0.05, 0) is 0 Å². The van der Waals surface area contributed by atoms with E-state index >= 15 is 0 Å². The number of aliphatic hydroxyl groups is 2. The summed E-state index contributed by atoms with van der Waals surface area (Å²) < 4.78 is 4.58. The Kier molecular flexibility index (Phi) is 5.03. The highest BCUT2D eigenvalue weighted by Gasteiger charge is 2.35. The number of carbonyl (C=O) groups excluding carboxylic acids is 1. The highest BCUT2D eigenvalue weighted by molar-refractivity contribution is 5.79. The van der Waals surface area contributed by atoms with Crippen LogP contribution in [0.4, 0.5) is 0 Å². The van der Waals surface area contributed by atoms with Gasteiger partial charge in [-0.15, -0.1) is 6.58 Å². The van der Waals surface area contributed by atoms with Gasteiger partial charge in [-0.3, -0.25) is 0 Å². The molecule has 0 aromatic carbocycles. The van der Waals surface area contributed by atoms with Crippen molar-refractivity contribution in [2.24, 2.45) is 0 Å². The van der Waals surface area contributed by atoms with Crippen LogP contribution in [-0.4, -0.2) is 35.0 Å². The van der Waals surface area contributed by atoms with Crippen LogP contribution in [-0.2, 0) is 9.53 Å². The Morgan fingerprint density at radius 1 is 1.46 bits per heavy atom. The lowest BCUT2D eigenvalue weighted by molar-refractivity contribution is -0.168. The number of ether oxygens (including phenoxy) is 1. The van der Waals surface area contributed by atoms with Crippen molar-refractivity contribution >= 4 is 5.97 Å². The number of aliphatic hydroxyl groups excluding tert-OH is 1. The zero-order valence-corrected chi connectivity index (χ0v) is 7.40. The second-order valence-electron chi connectivity index (χ2n) is 2.57. The van der Waals surface area contributed by atoms with E-state index in [-0.39, 0.29) is 13.0 Å². The Bertz CT molecular complexity index is 200. The summed E-state index contributed by atoms with van der Waals surface area (Å²) in [5.74, 6) is -0.866. The lowest BCUT2D eigenvalue weighted by atomic mass is 10.0. The van der Waals surface area contributed by atoms with E-state index in [1.165, 1.54) is 12.2 Å². The van der Waals surface area contributed by atoms with Gasteiger partial charge >= 0.3 is 5.97 Å². The Labute approximate surface area is 77.1 Å². The summed E-state index contributed by atoms with van der Waals surface area (Å²) in [4.78, 5) is 11.1. The zero-order chi connectivity index (χ0) is 10.3. The summed E-state index contributed by atoms with van der Waals surface area (Å²) in [6.45, 7) is 6.03. The fourth-order valence-corrected chi connectivity index (χ4v) is 0.720. The molecule has 13 heavy (non-hydrogen) atoms. The second kappa shape index (κ2) is 5.50. The SMILES string of the molecule is C=CCOC(=O)C(O)(CO)CC=C. The van der Waals surface area contributed by atoms with E-state index < -0.39 is 18.2 Å². The van der Waals surface area contributed by atoms with Gasteiger partial charge in [0, 0.05) is 6.42 Å². The van der Waals surface area contributed by atoms with Crippen molar-refractivity contribution in [2.45, 2.75) is 12.0 Å². The number of esters is 1. The van der Waals surface area contributed by atoms with Gasteiger partial charge in [-0.2, -0.15) is 0 Å². The quantitative estimate of drug-likeness (QED) is 0.453. The van der Waals surface area contributed by atoms with Gasteiger partial charge in [0.2, 0.25) is 0 Å². The molecule has 1 atom stereocenters. The molecule has 4 heteroatoms. The number of hydrogen-bond acceptors (Lipinski definition) is 4. The monoisotopic (exact) mass is 186 g/mol. The third-order valence-corrected chi connectivity index (χ3v) is 1.46. The van der Waals surface area contributed by atoms with E-state index in [0.29, 0.717) is 0 Å². The fourth-order valence-electron chi connectivity index (χ4n) is 0.720. The molecular formula is C9H14O4. The van der Waals surface area contributed by atoms with Crippen LogP contribution >= 0.6 is 0 Å². The fraction of sp³-hybridized carbons (Fsp3) is 0.444. The molecule has 0 aliphatic heterocycles. The molecule has 0 radical (unpaired) electrons. The minimum absolute atomic E-state index is 0.0122. The summed E-state index contributed by atoms with van der Waals surface area (Å²) in [7, 11) is 0. The minimum atomic E-state index is -1.87. The topological polar surface area (TPSA) is 66.8 Å². The first-order valence-corrected chi connectivity index (χ1v) is 3.83. The Balaban J connectivity index is 4.27. The normalized spacial score (nSPS) is 14.3. The molecule has 0 spiro atoms. The molecule has 0 aliphatic rings. The van der Waals surface area contributed by atoms with Crippen molar-refractivity contribution in [1.29, 1.82) is 0 Å². The van der Waals surface area contributed by atoms with Crippen molar-refractivity contribution in [3.05, 3.63) is 25.3 Å². The van der Waals surface area contributed by atoms with Crippen molar-refractivity contribution in [2.75, 3.05) is 13.2 Å². The molecule has 0 aliphatic carbocycles. The van der Waals surface area contributed by atoms with E-state index in [2.05, 4.69) is 17.9 Å². The van der Waals surface area contributed by atoms with E-state index in [1.807, 2.05) is 0 Å². The van der Waals surface area contributed by atoms with E-state index in [4.69, 9.17) is 5.11 Å². The van der Waals surface area contributed by atoms with Crippen LogP contribution in [0.15, 0.2) is 25.3 Å². The summed E-state index contributed by atoms with van der Waals surface area (Å²) in [6, 6.07) is 0. The predicted molar refractivity (Wildman–Crippen MR) is 48.0 cm³/mol. The highest BCUT2D eigenvalue weighted by atomic mass is 16.6. The third-order valence-electron chi connectivity index (χ3n) is 1.46. The first-order chi connectivity index (χ1) is 6.10. The first-order valence-electron chi connectivity index (χ1n) is 3.83. The molecule has 0 aromatic rings. The summed E-state index contributed by atoms with van der Waals surface area (Å²) in [5.41, 5.74) is -1.87. The molecule has 0 saturated heterocycles. The van der Waals surface area contributed by atoms with Gasteiger partial charge in [0.05, 0.1) is 6.61 Å². The first kappa shape index (κ1) is 11.9. The average Bonchev–Trinajstić information content (AvgIpc) is 2.14. The van der Waals surface area contributed by atoms with Gasteiger partial charge in [0.25, 0.3) is 0 Å². The Morgan fingerprint density at radius 3 is 2.46 bits per heavy atom. The minimum Gasteiger partial charge on any atom is -0.459 e. The summed E-state index contributed by atoms with van der Waals surface area (Å²) in [6.07, 6.45) is 2.68. The van der Waals surface area contributed by atoms with Crippen LogP contribution < -0.4 is 0 Å². The van der Waals surface area contributed by atoms with Crippen molar-refractivity contribution in [3.63, 3.8) is 0 Å². The van der Waals surface area contributed by atoms with Crippen LogP contribution in [0, 0.1) is 0 Å².